The molecule has 0 spiro atoms. The van der Waals surface area contributed by atoms with Crippen LogP contribution in [0.5, 0.6) is 0 Å². The Hall–Kier alpha value is -2.02. The molecule has 1 heterocycles. The lowest BCUT2D eigenvalue weighted by molar-refractivity contribution is 0.0148. The minimum atomic E-state index is -0.765. The van der Waals surface area contributed by atoms with E-state index in [2.05, 4.69) is 0 Å². The van der Waals surface area contributed by atoms with Gasteiger partial charge in [-0.05, 0) is 36.8 Å². The summed E-state index contributed by atoms with van der Waals surface area (Å²) in [6.45, 7) is -0.696. The van der Waals surface area contributed by atoms with E-state index in [1.807, 2.05) is 0 Å². The molecule has 2 aromatic rings. The van der Waals surface area contributed by atoms with Gasteiger partial charge in [0.2, 0.25) is 0 Å². The van der Waals surface area contributed by atoms with E-state index in [4.69, 9.17) is 0 Å². The molecule has 0 amide bonds. The lowest BCUT2D eigenvalue weighted by atomic mass is 9.87. The van der Waals surface area contributed by atoms with Crippen LogP contribution in [0.3, 0.4) is 0 Å². The van der Waals surface area contributed by atoms with Gasteiger partial charge < -0.3 is 19.9 Å². The highest BCUT2D eigenvalue weighted by molar-refractivity contribution is 6.07. The van der Waals surface area contributed by atoms with Gasteiger partial charge in [-0.15, -0.1) is 0 Å². The molecule has 3 rings (SSSR count). The second-order valence-corrected chi connectivity index (χ2v) is 7.88. The van der Waals surface area contributed by atoms with E-state index in [1.165, 1.54) is 10.8 Å². The van der Waals surface area contributed by atoms with Crippen LogP contribution in [0.1, 0.15) is 67.8 Å². The fraction of sp³-hybridized carbons (Fsp3) is 0.545. The van der Waals surface area contributed by atoms with Crippen molar-refractivity contribution in [3.05, 3.63) is 46.4 Å². The molecular formula is C22H29NO5. The van der Waals surface area contributed by atoms with Crippen molar-refractivity contribution in [3.8, 4) is 0 Å². The highest BCUT2D eigenvalue weighted by Gasteiger charge is 2.28. The summed E-state index contributed by atoms with van der Waals surface area (Å²) < 4.78 is 1.30. The summed E-state index contributed by atoms with van der Waals surface area (Å²) in [6.07, 6.45) is 7.94. The highest BCUT2D eigenvalue weighted by Crippen LogP contribution is 2.31. The lowest BCUT2D eigenvalue weighted by Crippen LogP contribution is -2.29. The summed E-state index contributed by atoms with van der Waals surface area (Å²) in [7, 11) is 0. The summed E-state index contributed by atoms with van der Waals surface area (Å²) in [5.41, 5.74) is -0.634. The smallest absolute Gasteiger partial charge is 0.258 e. The Morgan fingerprint density at radius 1 is 1.04 bits per heavy atom. The number of nitrogens with zero attached hydrogens (tertiary/aromatic N) is 1. The first-order chi connectivity index (χ1) is 13.5. The number of rotatable bonds is 7. The number of aliphatic hydroxyl groups is 3. The minimum Gasteiger partial charge on any atom is -0.394 e. The molecule has 1 aliphatic carbocycles. The second-order valence-electron chi connectivity index (χ2n) is 7.88. The topological polar surface area (TPSA) is 99.8 Å². The summed E-state index contributed by atoms with van der Waals surface area (Å²) in [5.74, 6) is -0.0821. The van der Waals surface area contributed by atoms with Crippen molar-refractivity contribution in [2.75, 3.05) is 13.2 Å². The maximum absolute atomic E-state index is 12.9. The van der Waals surface area contributed by atoms with Crippen LogP contribution in [0.25, 0.3) is 10.8 Å². The lowest BCUT2D eigenvalue weighted by Gasteiger charge is -2.26. The Balaban J connectivity index is 1.85. The summed E-state index contributed by atoms with van der Waals surface area (Å²) in [5, 5.41) is 30.5. The molecule has 1 aliphatic rings. The van der Waals surface area contributed by atoms with E-state index >= 15 is 0 Å². The molecule has 0 bridgehead atoms. The standard InChI is InChI=1S/C22H29NO5/c24-14-16(15-25)23-13-9-17-18(6-5-7-19(17)21(23)27)20(26)8-12-22(28)10-3-1-2-4-11-22/h5-7,9,13,16,24-25,28H,1-4,8,10-12,14-15H2. The molecule has 0 saturated heterocycles. The van der Waals surface area contributed by atoms with Crippen molar-refractivity contribution in [2.45, 2.75) is 63.0 Å². The largest absolute Gasteiger partial charge is 0.394 e. The van der Waals surface area contributed by atoms with Crippen molar-refractivity contribution >= 4 is 16.6 Å². The van der Waals surface area contributed by atoms with Gasteiger partial charge in [0.25, 0.3) is 5.56 Å². The number of carbonyl (C=O) groups excluding carboxylic acids is 1. The average Bonchev–Trinajstić information content (AvgIpc) is 2.93. The van der Waals surface area contributed by atoms with Gasteiger partial charge in [-0.3, -0.25) is 9.59 Å². The van der Waals surface area contributed by atoms with Gasteiger partial charge in [-0.1, -0.05) is 37.8 Å². The molecule has 3 N–H and O–H groups in total. The van der Waals surface area contributed by atoms with E-state index in [0.717, 1.165) is 38.5 Å². The SMILES string of the molecule is O=C(CCC1(O)CCCCCC1)c1cccc2c(=O)n(C(CO)CO)ccc12. The molecule has 6 nitrogen and oxygen atoms in total. The van der Waals surface area contributed by atoms with Crippen LogP contribution >= 0.6 is 0 Å². The Labute approximate surface area is 164 Å². The normalized spacial score (nSPS) is 17.0. The highest BCUT2D eigenvalue weighted by atomic mass is 16.3. The number of pyridine rings is 1. The number of Topliss-reactive ketones (excluding diaryl/α,β-unsaturated/α-hetero) is 1. The number of hydrogen-bond donors (Lipinski definition) is 3. The number of aromatic nitrogens is 1. The van der Waals surface area contributed by atoms with Crippen molar-refractivity contribution in [3.63, 3.8) is 0 Å². The third kappa shape index (κ3) is 4.35. The molecule has 0 radical (unpaired) electrons. The number of fused-ring (bicyclic) bond motifs is 1. The van der Waals surface area contributed by atoms with Crippen LogP contribution in [0.15, 0.2) is 35.3 Å². The second kappa shape index (κ2) is 8.99. The first-order valence-corrected chi connectivity index (χ1v) is 10.1. The van der Waals surface area contributed by atoms with Crippen LogP contribution < -0.4 is 5.56 Å². The molecule has 1 saturated carbocycles. The average molecular weight is 387 g/mol. The van der Waals surface area contributed by atoms with Gasteiger partial charge >= 0.3 is 0 Å². The molecule has 152 valence electrons. The molecule has 1 aromatic carbocycles. The number of ketones is 1. The van der Waals surface area contributed by atoms with Crippen molar-refractivity contribution in [1.29, 1.82) is 0 Å². The number of carbonyl (C=O) groups is 1. The third-order valence-electron chi connectivity index (χ3n) is 5.94. The first kappa shape index (κ1) is 20.7. The quantitative estimate of drug-likeness (QED) is 0.501. The minimum absolute atomic E-state index is 0.0821. The van der Waals surface area contributed by atoms with Gasteiger partial charge in [-0.25, -0.2) is 0 Å². The van der Waals surface area contributed by atoms with Gasteiger partial charge in [0.15, 0.2) is 5.78 Å². The molecule has 6 heteroatoms. The number of benzene rings is 1. The van der Waals surface area contributed by atoms with Gasteiger partial charge in [-0.2, -0.15) is 0 Å². The van der Waals surface area contributed by atoms with Crippen LogP contribution in [0.2, 0.25) is 0 Å². The Morgan fingerprint density at radius 2 is 1.71 bits per heavy atom. The monoisotopic (exact) mass is 387 g/mol. The van der Waals surface area contributed by atoms with Crippen LogP contribution in [0, 0.1) is 0 Å². The number of hydrogen-bond acceptors (Lipinski definition) is 5. The van der Waals surface area contributed by atoms with E-state index in [1.54, 1.807) is 24.3 Å². The molecular weight excluding hydrogens is 358 g/mol. The van der Waals surface area contributed by atoms with Crippen molar-refractivity contribution < 1.29 is 20.1 Å². The van der Waals surface area contributed by atoms with Crippen LogP contribution in [-0.4, -0.2) is 44.5 Å². The van der Waals surface area contributed by atoms with Crippen molar-refractivity contribution in [1.82, 2.24) is 4.57 Å². The van der Waals surface area contributed by atoms with E-state index in [0.29, 0.717) is 22.8 Å². The van der Waals surface area contributed by atoms with Gasteiger partial charge in [0, 0.05) is 23.6 Å². The maximum Gasteiger partial charge on any atom is 0.258 e. The van der Waals surface area contributed by atoms with Gasteiger partial charge in [0.1, 0.15) is 0 Å². The predicted molar refractivity (Wildman–Crippen MR) is 108 cm³/mol. The molecule has 0 unspecified atom stereocenters. The zero-order valence-electron chi connectivity index (χ0n) is 16.1. The van der Waals surface area contributed by atoms with E-state index in [9.17, 15) is 24.9 Å². The van der Waals surface area contributed by atoms with E-state index in [-0.39, 0.29) is 31.0 Å². The fourth-order valence-corrected chi connectivity index (χ4v) is 4.17. The number of aliphatic hydroxyl groups excluding tert-OH is 2. The first-order valence-electron chi connectivity index (χ1n) is 10.1. The van der Waals surface area contributed by atoms with Crippen LogP contribution in [-0.2, 0) is 0 Å². The van der Waals surface area contributed by atoms with Crippen LogP contribution in [0.4, 0.5) is 0 Å². The molecule has 28 heavy (non-hydrogen) atoms. The Kier molecular flexibility index (Phi) is 6.65. The van der Waals surface area contributed by atoms with E-state index < -0.39 is 11.6 Å². The summed E-state index contributed by atoms with van der Waals surface area (Å²) >= 11 is 0. The molecule has 0 atom stereocenters. The zero-order chi connectivity index (χ0) is 20.1. The third-order valence-corrected chi connectivity index (χ3v) is 5.94. The maximum atomic E-state index is 12.9. The summed E-state index contributed by atoms with van der Waals surface area (Å²) in [6, 6.07) is 6.01. The van der Waals surface area contributed by atoms with Crippen molar-refractivity contribution in [2.24, 2.45) is 0 Å². The zero-order valence-corrected chi connectivity index (χ0v) is 16.1. The molecule has 1 fully saturated rings. The summed E-state index contributed by atoms with van der Waals surface area (Å²) in [4.78, 5) is 25.6. The van der Waals surface area contributed by atoms with Gasteiger partial charge in [0.05, 0.1) is 24.9 Å². The Morgan fingerprint density at radius 3 is 2.36 bits per heavy atom. The Bertz CT molecular complexity index is 876. The predicted octanol–water partition coefficient (Wildman–Crippen LogP) is 2.58. The fourth-order valence-electron chi connectivity index (χ4n) is 4.17. The molecule has 0 aliphatic heterocycles. The molecule has 1 aromatic heterocycles.